The van der Waals surface area contributed by atoms with E-state index in [0.717, 1.165) is 11.1 Å². The van der Waals surface area contributed by atoms with Gasteiger partial charge >= 0.3 is 0 Å². The Morgan fingerprint density at radius 3 is 2.61 bits per heavy atom. The van der Waals surface area contributed by atoms with Crippen molar-refractivity contribution in [3.8, 4) is 28.6 Å². The van der Waals surface area contributed by atoms with Crippen LogP contribution < -0.4 is 10.3 Å². The summed E-state index contributed by atoms with van der Waals surface area (Å²) >= 11 is 1.25. The van der Waals surface area contributed by atoms with E-state index in [1.54, 1.807) is 48.0 Å². The number of thioether (sulfide) groups is 1. The quantitative estimate of drug-likeness (QED) is 0.373. The number of carbonyl (C=O) groups excluding carboxylic acids is 1. The molecule has 33 heavy (non-hydrogen) atoms. The number of hydrogen-bond donors (Lipinski definition) is 0. The number of nitrogens with zero attached hydrogens (tertiary/aromatic N) is 3. The molecule has 0 aliphatic carbocycles. The number of carbonyl (C=O) groups is 1. The van der Waals surface area contributed by atoms with E-state index in [-0.39, 0.29) is 16.6 Å². The van der Waals surface area contributed by atoms with Crippen molar-refractivity contribution < 1.29 is 18.4 Å². The molecule has 0 amide bonds. The molecule has 7 nitrogen and oxygen atoms in total. The average molecular weight is 466 g/mol. The zero-order valence-corrected chi connectivity index (χ0v) is 18.5. The Morgan fingerprint density at radius 2 is 1.85 bits per heavy atom. The van der Waals surface area contributed by atoms with Crippen molar-refractivity contribution in [3.63, 3.8) is 0 Å². The number of halogens is 1. The van der Waals surface area contributed by atoms with Crippen LogP contribution in [0.15, 0.2) is 76.2 Å². The Labute approximate surface area is 193 Å². The molecule has 4 aromatic rings. The van der Waals surface area contributed by atoms with E-state index >= 15 is 0 Å². The molecule has 0 bridgehead atoms. The maximum atomic E-state index is 12.4. The normalized spacial score (nSPS) is 10.8. The molecule has 2 aromatic heterocycles. The van der Waals surface area contributed by atoms with Crippen LogP contribution >= 0.6 is 11.8 Å². The number of aromatic nitrogens is 3. The predicted octanol–water partition coefficient (Wildman–Crippen LogP) is 4.70. The van der Waals surface area contributed by atoms with Crippen LogP contribution in [-0.4, -0.2) is 26.7 Å². The molecule has 2 aromatic carbocycles. The first-order chi connectivity index (χ1) is 16.0. The fourth-order valence-corrected chi connectivity index (χ4v) is 3.75. The second-order valence-electron chi connectivity index (χ2n) is 7.19. The molecule has 0 N–H and O–H groups in total. The molecule has 0 aliphatic rings. The van der Waals surface area contributed by atoms with Crippen molar-refractivity contribution in [2.75, 3.05) is 6.86 Å². The lowest BCUT2D eigenvalue weighted by Gasteiger charge is -2.08. The van der Waals surface area contributed by atoms with Gasteiger partial charge < -0.3 is 13.8 Å². The molecular weight excluding hydrogens is 445 g/mol. The summed E-state index contributed by atoms with van der Waals surface area (Å²) in [6, 6.07) is 17.5. The van der Waals surface area contributed by atoms with Gasteiger partial charge in [0.2, 0.25) is 12.7 Å². The van der Waals surface area contributed by atoms with E-state index in [9.17, 15) is 14.0 Å². The van der Waals surface area contributed by atoms with Crippen LogP contribution in [0, 0.1) is 0 Å². The van der Waals surface area contributed by atoms with Gasteiger partial charge in [-0.15, -0.1) is 0 Å². The summed E-state index contributed by atoms with van der Waals surface area (Å²) in [4.78, 5) is 28.1. The van der Waals surface area contributed by atoms with Gasteiger partial charge in [0.25, 0.3) is 11.4 Å². The number of benzene rings is 2. The molecule has 0 unspecified atom stereocenters. The van der Waals surface area contributed by atoms with Crippen LogP contribution in [-0.2, 0) is 17.1 Å². The third-order valence-electron chi connectivity index (χ3n) is 4.78. The minimum absolute atomic E-state index is 0.0623. The van der Waals surface area contributed by atoms with E-state index in [2.05, 4.69) is 10.1 Å². The minimum atomic E-state index is -0.900. The van der Waals surface area contributed by atoms with E-state index in [0.29, 0.717) is 35.0 Å². The topological polar surface area (TPSA) is 87.2 Å². The molecule has 0 fully saturated rings. The molecule has 168 valence electrons. The molecule has 0 saturated carbocycles. The van der Waals surface area contributed by atoms with E-state index in [4.69, 9.17) is 9.26 Å². The average Bonchev–Trinajstić information content (AvgIpc) is 3.30. The molecule has 2 heterocycles. The standard InChI is InChI=1S/C24H20FN3O4S/c1-16(29)33-14-18-4-2-3-17(11-18)12-28-13-20(7-10-22(28)30)24-26-23(27-32-24)19-5-8-21(9-6-19)31-15-25/h2-11,13H,12,14-15H2,1H3. The number of hydrogen-bond acceptors (Lipinski definition) is 7. The Morgan fingerprint density at radius 1 is 1.09 bits per heavy atom. The number of ether oxygens (including phenoxy) is 1. The smallest absolute Gasteiger partial charge is 0.259 e. The minimum Gasteiger partial charge on any atom is -0.463 e. The summed E-state index contributed by atoms with van der Waals surface area (Å²) in [5.41, 5.74) is 3.09. The van der Waals surface area contributed by atoms with Crippen molar-refractivity contribution >= 4 is 16.9 Å². The summed E-state index contributed by atoms with van der Waals surface area (Å²) in [7, 11) is 0. The van der Waals surface area contributed by atoms with Gasteiger partial charge in [-0.1, -0.05) is 41.2 Å². The SMILES string of the molecule is CC(=O)SCc1cccc(Cn2cc(-c3nc(-c4ccc(OCF)cc4)no3)ccc2=O)c1. The lowest BCUT2D eigenvalue weighted by atomic mass is 10.1. The zero-order valence-electron chi connectivity index (χ0n) is 17.7. The van der Waals surface area contributed by atoms with Gasteiger partial charge in [0.05, 0.1) is 12.1 Å². The Hall–Kier alpha value is -3.72. The highest BCUT2D eigenvalue weighted by molar-refractivity contribution is 8.12. The monoisotopic (exact) mass is 465 g/mol. The summed E-state index contributed by atoms with van der Waals surface area (Å²) in [6.45, 7) is 1.00. The first kappa shape index (κ1) is 22.5. The summed E-state index contributed by atoms with van der Waals surface area (Å²) in [5.74, 6) is 1.63. The maximum Gasteiger partial charge on any atom is 0.259 e. The van der Waals surface area contributed by atoms with Gasteiger partial charge in [-0.2, -0.15) is 4.98 Å². The molecule has 0 radical (unpaired) electrons. The van der Waals surface area contributed by atoms with E-state index < -0.39 is 6.86 Å². The first-order valence-corrected chi connectivity index (χ1v) is 11.1. The fraction of sp³-hybridized carbons (Fsp3) is 0.167. The molecular formula is C24H20FN3O4S. The van der Waals surface area contributed by atoms with Crippen LogP contribution in [0.4, 0.5) is 4.39 Å². The highest BCUT2D eigenvalue weighted by atomic mass is 32.2. The molecule has 0 atom stereocenters. The number of pyridine rings is 1. The molecule has 0 spiro atoms. The fourth-order valence-electron chi connectivity index (χ4n) is 3.20. The van der Waals surface area contributed by atoms with Crippen LogP contribution in [0.5, 0.6) is 5.75 Å². The van der Waals surface area contributed by atoms with Crippen LogP contribution in [0.2, 0.25) is 0 Å². The molecule has 0 aliphatic heterocycles. The Kier molecular flexibility index (Phi) is 6.99. The molecule has 0 saturated heterocycles. The molecule has 9 heteroatoms. The second-order valence-corrected chi connectivity index (χ2v) is 8.34. The largest absolute Gasteiger partial charge is 0.463 e. The second kappa shape index (κ2) is 10.3. The van der Waals surface area contributed by atoms with Gasteiger partial charge in [0.15, 0.2) is 5.12 Å². The first-order valence-electron chi connectivity index (χ1n) is 10.1. The molecule has 4 rings (SSSR count). The van der Waals surface area contributed by atoms with Crippen LogP contribution in [0.25, 0.3) is 22.8 Å². The van der Waals surface area contributed by atoms with Crippen molar-refractivity contribution in [3.05, 3.63) is 88.3 Å². The summed E-state index contributed by atoms with van der Waals surface area (Å²) < 4.78 is 24.0. The summed E-state index contributed by atoms with van der Waals surface area (Å²) in [5, 5.41) is 4.06. The van der Waals surface area contributed by atoms with Gasteiger partial charge in [-0.3, -0.25) is 9.59 Å². The third-order valence-corrected chi connectivity index (χ3v) is 5.66. The van der Waals surface area contributed by atoms with Crippen LogP contribution in [0.3, 0.4) is 0 Å². The maximum absolute atomic E-state index is 12.4. The van der Waals surface area contributed by atoms with Gasteiger partial charge in [-0.05, 0) is 41.5 Å². The van der Waals surface area contributed by atoms with Crippen molar-refractivity contribution in [1.29, 1.82) is 0 Å². The number of rotatable bonds is 8. The van der Waals surface area contributed by atoms with Crippen molar-refractivity contribution in [2.45, 2.75) is 19.2 Å². The van der Waals surface area contributed by atoms with Crippen molar-refractivity contribution in [2.24, 2.45) is 0 Å². The van der Waals surface area contributed by atoms with Gasteiger partial charge in [-0.25, -0.2) is 4.39 Å². The zero-order chi connectivity index (χ0) is 23.2. The highest BCUT2D eigenvalue weighted by Gasteiger charge is 2.12. The highest BCUT2D eigenvalue weighted by Crippen LogP contribution is 2.24. The van der Waals surface area contributed by atoms with E-state index in [1.807, 2.05) is 24.3 Å². The van der Waals surface area contributed by atoms with Gasteiger partial charge in [0.1, 0.15) is 5.75 Å². The van der Waals surface area contributed by atoms with Crippen LogP contribution in [0.1, 0.15) is 18.1 Å². The Bertz CT molecular complexity index is 1320. The number of alkyl halides is 1. The van der Waals surface area contributed by atoms with Gasteiger partial charge in [0, 0.05) is 30.5 Å². The predicted molar refractivity (Wildman–Crippen MR) is 124 cm³/mol. The third kappa shape index (κ3) is 5.75. The summed E-state index contributed by atoms with van der Waals surface area (Å²) in [6.07, 6.45) is 1.68. The van der Waals surface area contributed by atoms with Crippen molar-refractivity contribution in [1.82, 2.24) is 14.7 Å². The lowest BCUT2D eigenvalue weighted by molar-refractivity contribution is -0.109. The Balaban J connectivity index is 1.54. The van der Waals surface area contributed by atoms with E-state index in [1.165, 1.54) is 17.8 Å². The lowest BCUT2D eigenvalue weighted by Crippen LogP contribution is -2.19.